The van der Waals surface area contributed by atoms with Gasteiger partial charge in [-0.25, -0.2) is 0 Å². The van der Waals surface area contributed by atoms with Crippen LogP contribution in [0, 0.1) is 0 Å². The Kier molecular flexibility index (Phi) is 5.78. The Morgan fingerprint density at radius 3 is 2.67 bits per heavy atom. The summed E-state index contributed by atoms with van der Waals surface area (Å²) >= 11 is 7.35. The molecular weight excluding hydrogens is 308 g/mol. The van der Waals surface area contributed by atoms with Gasteiger partial charge in [0.15, 0.2) is 0 Å². The molecule has 2 amide bonds. The highest BCUT2D eigenvalue weighted by atomic mass is 35.5. The molecule has 0 atom stereocenters. The summed E-state index contributed by atoms with van der Waals surface area (Å²) in [7, 11) is 0. The minimum absolute atomic E-state index is 0.100. The molecule has 4 nitrogen and oxygen atoms in total. The summed E-state index contributed by atoms with van der Waals surface area (Å²) in [6, 6.07) is 10.7. The monoisotopic (exact) mass is 322 g/mol. The van der Waals surface area contributed by atoms with E-state index in [9.17, 15) is 9.59 Å². The first-order valence-electron chi connectivity index (χ1n) is 6.53. The van der Waals surface area contributed by atoms with E-state index in [1.165, 1.54) is 11.3 Å². The number of halogens is 1. The predicted molar refractivity (Wildman–Crippen MR) is 86.0 cm³/mol. The van der Waals surface area contributed by atoms with Crippen LogP contribution in [0.3, 0.4) is 0 Å². The number of benzene rings is 1. The van der Waals surface area contributed by atoms with Gasteiger partial charge in [0.1, 0.15) is 0 Å². The van der Waals surface area contributed by atoms with Crippen LogP contribution in [-0.2, 0) is 4.79 Å². The van der Waals surface area contributed by atoms with E-state index in [-0.39, 0.29) is 11.8 Å². The second kappa shape index (κ2) is 7.81. The zero-order valence-electron chi connectivity index (χ0n) is 11.3. The zero-order chi connectivity index (χ0) is 15.1. The van der Waals surface area contributed by atoms with Crippen molar-refractivity contribution in [2.75, 3.05) is 11.9 Å². The molecule has 1 heterocycles. The smallest absolute Gasteiger partial charge is 0.261 e. The van der Waals surface area contributed by atoms with E-state index in [2.05, 4.69) is 10.6 Å². The van der Waals surface area contributed by atoms with Crippen LogP contribution >= 0.6 is 22.9 Å². The van der Waals surface area contributed by atoms with Crippen molar-refractivity contribution in [2.45, 2.75) is 12.8 Å². The van der Waals surface area contributed by atoms with Gasteiger partial charge in [-0.3, -0.25) is 9.59 Å². The molecule has 110 valence electrons. The number of carbonyl (C=O) groups is 2. The Bertz CT molecular complexity index is 614. The van der Waals surface area contributed by atoms with Gasteiger partial charge in [-0.15, -0.1) is 11.3 Å². The Balaban J connectivity index is 1.68. The molecule has 6 heteroatoms. The highest BCUT2D eigenvalue weighted by molar-refractivity contribution is 7.12. The lowest BCUT2D eigenvalue weighted by atomic mass is 10.2. The number of hydrogen-bond donors (Lipinski definition) is 2. The molecule has 21 heavy (non-hydrogen) atoms. The first kappa shape index (κ1) is 15.5. The maximum absolute atomic E-state index is 11.8. The molecule has 0 saturated carbocycles. The largest absolute Gasteiger partial charge is 0.351 e. The molecule has 2 rings (SSSR count). The van der Waals surface area contributed by atoms with Crippen molar-refractivity contribution in [2.24, 2.45) is 0 Å². The lowest BCUT2D eigenvalue weighted by Crippen LogP contribution is -2.24. The fraction of sp³-hybridized carbons (Fsp3) is 0.200. The zero-order valence-corrected chi connectivity index (χ0v) is 12.8. The van der Waals surface area contributed by atoms with Crippen LogP contribution in [0.15, 0.2) is 41.8 Å². The van der Waals surface area contributed by atoms with E-state index in [1.54, 1.807) is 24.3 Å². The van der Waals surface area contributed by atoms with Crippen molar-refractivity contribution in [3.8, 4) is 0 Å². The summed E-state index contributed by atoms with van der Waals surface area (Å²) in [4.78, 5) is 24.1. The highest BCUT2D eigenvalue weighted by Gasteiger charge is 2.07. The van der Waals surface area contributed by atoms with Crippen LogP contribution in [0.5, 0.6) is 0 Å². The first-order valence-corrected chi connectivity index (χ1v) is 7.78. The minimum Gasteiger partial charge on any atom is -0.351 e. The second-order valence-electron chi connectivity index (χ2n) is 4.36. The van der Waals surface area contributed by atoms with Gasteiger partial charge >= 0.3 is 0 Å². The maximum Gasteiger partial charge on any atom is 0.261 e. The van der Waals surface area contributed by atoms with Crippen molar-refractivity contribution in [3.63, 3.8) is 0 Å². The quantitative estimate of drug-likeness (QED) is 0.799. The fourth-order valence-electron chi connectivity index (χ4n) is 1.72. The van der Waals surface area contributed by atoms with Gasteiger partial charge in [-0.2, -0.15) is 0 Å². The lowest BCUT2D eigenvalue weighted by Gasteiger charge is -2.07. The number of rotatable bonds is 6. The van der Waals surface area contributed by atoms with E-state index in [0.717, 1.165) is 0 Å². The molecule has 1 aromatic carbocycles. The first-order chi connectivity index (χ1) is 10.2. The Labute approximate surface area is 132 Å². The normalized spacial score (nSPS) is 10.1. The predicted octanol–water partition coefficient (Wildman–Crippen LogP) is 3.55. The average Bonchev–Trinajstić information content (AvgIpc) is 3.00. The standard InChI is InChI=1S/C15H15ClN2O2S/c16-11-5-1-2-6-12(11)18-14(19)8-3-9-17-15(20)13-7-4-10-21-13/h1-2,4-7,10H,3,8-9H2,(H,17,20)(H,18,19). The topological polar surface area (TPSA) is 58.2 Å². The van der Waals surface area contributed by atoms with Gasteiger partial charge in [-0.1, -0.05) is 29.8 Å². The Morgan fingerprint density at radius 2 is 1.95 bits per heavy atom. The molecule has 0 aliphatic carbocycles. The number of amides is 2. The highest BCUT2D eigenvalue weighted by Crippen LogP contribution is 2.20. The van der Waals surface area contributed by atoms with Gasteiger partial charge in [-0.05, 0) is 30.0 Å². The van der Waals surface area contributed by atoms with Gasteiger partial charge < -0.3 is 10.6 Å². The van der Waals surface area contributed by atoms with Crippen LogP contribution in [0.1, 0.15) is 22.5 Å². The molecule has 0 unspecified atom stereocenters. The third kappa shape index (κ3) is 4.88. The van der Waals surface area contributed by atoms with Crippen LogP contribution in [0.4, 0.5) is 5.69 Å². The SMILES string of the molecule is O=C(CCCNC(=O)c1cccs1)Nc1ccccc1Cl. The minimum atomic E-state index is -0.117. The van der Waals surface area contributed by atoms with Gasteiger partial charge in [0.05, 0.1) is 15.6 Å². The number of nitrogens with one attached hydrogen (secondary N) is 2. The van der Waals surface area contributed by atoms with Crippen LogP contribution in [0.25, 0.3) is 0 Å². The number of para-hydroxylation sites is 1. The molecule has 0 saturated heterocycles. The van der Waals surface area contributed by atoms with Crippen molar-refractivity contribution >= 4 is 40.4 Å². The van der Waals surface area contributed by atoms with Crippen molar-refractivity contribution < 1.29 is 9.59 Å². The molecule has 0 fully saturated rings. The van der Waals surface area contributed by atoms with E-state index < -0.39 is 0 Å². The van der Waals surface area contributed by atoms with Crippen molar-refractivity contribution in [1.82, 2.24) is 5.32 Å². The number of anilines is 1. The number of hydrogen-bond acceptors (Lipinski definition) is 3. The Morgan fingerprint density at radius 1 is 1.14 bits per heavy atom. The maximum atomic E-state index is 11.8. The molecule has 0 aliphatic heterocycles. The van der Waals surface area contributed by atoms with Gasteiger partial charge in [0.25, 0.3) is 5.91 Å². The average molecular weight is 323 g/mol. The summed E-state index contributed by atoms with van der Waals surface area (Å²) in [5, 5.41) is 7.89. The molecule has 0 bridgehead atoms. The molecule has 2 aromatic rings. The summed E-state index contributed by atoms with van der Waals surface area (Å²) in [6.45, 7) is 0.465. The molecule has 1 aromatic heterocycles. The van der Waals surface area contributed by atoms with Crippen LogP contribution in [-0.4, -0.2) is 18.4 Å². The van der Waals surface area contributed by atoms with Crippen molar-refractivity contribution in [1.29, 1.82) is 0 Å². The number of carbonyl (C=O) groups excluding carboxylic acids is 2. The molecular formula is C15H15ClN2O2S. The Hall–Kier alpha value is -1.85. The van der Waals surface area contributed by atoms with E-state index in [1.807, 2.05) is 17.5 Å². The fourth-order valence-corrected chi connectivity index (χ4v) is 2.54. The van der Waals surface area contributed by atoms with E-state index >= 15 is 0 Å². The third-order valence-electron chi connectivity index (χ3n) is 2.76. The molecule has 2 N–H and O–H groups in total. The molecule has 0 aliphatic rings. The molecule has 0 radical (unpaired) electrons. The van der Waals surface area contributed by atoms with Gasteiger partial charge in [0, 0.05) is 13.0 Å². The van der Waals surface area contributed by atoms with Crippen LogP contribution < -0.4 is 10.6 Å². The summed E-state index contributed by atoms with van der Waals surface area (Å²) in [6.07, 6.45) is 0.906. The molecule has 0 spiro atoms. The lowest BCUT2D eigenvalue weighted by molar-refractivity contribution is -0.116. The summed E-state index contributed by atoms with van der Waals surface area (Å²) < 4.78 is 0. The third-order valence-corrected chi connectivity index (χ3v) is 3.96. The van der Waals surface area contributed by atoms with Crippen LogP contribution in [0.2, 0.25) is 5.02 Å². The van der Waals surface area contributed by atoms with Crippen molar-refractivity contribution in [3.05, 3.63) is 51.7 Å². The van der Waals surface area contributed by atoms with E-state index in [4.69, 9.17) is 11.6 Å². The summed E-state index contributed by atoms with van der Waals surface area (Å²) in [5.41, 5.74) is 0.604. The van der Waals surface area contributed by atoms with Gasteiger partial charge in [0.2, 0.25) is 5.91 Å². The van der Waals surface area contributed by atoms with E-state index in [0.29, 0.717) is 35.0 Å². The number of thiophene rings is 1. The second-order valence-corrected chi connectivity index (χ2v) is 5.72. The summed E-state index contributed by atoms with van der Waals surface area (Å²) in [5.74, 6) is -0.218.